The maximum absolute atomic E-state index is 13.3. The highest BCUT2D eigenvalue weighted by Gasteiger charge is 2.36. The van der Waals surface area contributed by atoms with E-state index in [0.29, 0.717) is 11.1 Å². The fourth-order valence-corrected chi connectivity index (χ4v) is 3.10. The molecule has 2 rings (SSSR count). The van der Waals surface area contributed by atoms with E-state index in [9.17, 15) is 14.9 Å². The maximum atomic E-state index is 13.3. The van der Waals surface area contributed by atoms with Crippen LogP contribution in [0.5, 0.6) is 0 Å². The van der Waals surface area contributed by atoms with Crippen molar-refractivity contribution in [3.8, 4) is 6.19 Å². The van der Waals surface area contributed by atoms with Crippen molar-refractivity contribution in [3.63, 3.8) is 0 Å². The number of nitrogens with zero attached hydrogens (tertiary/aromatic N) is 3. The second kappa shape index (κ2) is 8.26. The number of aryl methyl sites for hydroxylation is 3. The number of nitriles is 1. The van der Waals surface area contributed by atoms with Gasteiger partial charge in [-0.15, -0.1) is 5.01 Å². The molecule has 0 radical (unpaired) electrons. The molecule has 0 heterocycles. The van der Waals surface area contributed by atoms with Crippen LogP contribution in [0.1, 0.15) is 65.1 Å². The molecule has 0 aliphatic carbocycles. The molecule has 0 atom stereocenters. The molecule has 146 valence electrons. The lowest BCUT2D eigenvalue weighted by Gasteiger charge is -2.39. The van der Waals surface area contributed by atoms with Gasteiger partial charge in [-0.2, -0.15) is 5.26 Å². The molecule has 0 aromatic heterocycles. The van der Waals surface area contributed by atoms with Crippen molar-refractivity contribution in [2.75, 3.05) is 0 Å². The second-order valence-electron chi connectivity index (χ2n) is 7.93. The molecule has 0 saturated carbocycles. The zero-order valence-corrected chi connectivity index (χ0v) is 17.4. The molecule has 0 bridgehead atoms. The van der Waals surface area contributed by atoms with Gasteiger partial charge in [0.05, 0.1) is 5.54 Å². The van der Waals surface area contributed by atoms with E-state index < -0.39 is 11.4 Å². The Kier molecular flexibility index (Phi) is 6.25. The summed E-state index contributed by atoms with van der Waals surface area (Å²) in [5.41, 5.74) is 3.02. The predicted octanol–water partition coefficient (Wildman–Crippen LogP) is 4.65. The standard InChI is InChI=1S/C23H27N3O2/c1-7-18-8-10-19(11-9-18)21(27)25(15-24)26(23(4,5)6)22(28)20-13-16(2)12-17(3)14-20/h8-14H,7H2,1-6H3. The maximum Gasteiger partial charge on any atom is 0.286 e. The van der Waals surface area contributed by atoms with Crippen LogP contribution in [0.15, 0.2) is 42.5 Å². The van der Waals surface area contributed by atoms with Gasteiger partial charge in [-0.25, -0.2) is 5.01 Å². The van der Waals surface area contributed by atoms with Crippen LogP contribution in [0, 0.1) is 25.3 Å². The Hall–Kier alpha value is -3.13. The highest BCUT2D eigenvalue weighted by atomic mass is 16.2. The first kappa shape index (κ1) is 21.2. The third-order valence-corrected chi connectivity index (χ3v) is 4.39. The summed E-state index contributed by atoms with van der Waals surface area (Å²) in [5.74, 6) is -0.919. The van der Waals surface area contributed by atoms with E-state index in [2.05, 4.69) is 0 Å². The first-order valence-electron chi connectivity index (χ1n) is 9.34. The molecule has 5 heteroatoms. The Labute approximate surface area is 167 Å². The molecule has 28 heavy (non-hydrogen) atoms. The van der Waals surface area contributed by atoms with E-state index >= 15 is 0 Å². The van der Waals surface area contributed by atoms with Crippen molar-refractivity contribution in [1.82, 2.24) is 10.0 Å². The summed E-state index contributed by atoms with van der Waals surface area (Å²) in [4.78, 5) is 26.4. The number of carbonyl (C=O) groups is 2. The minimum atomic E-state index is -0.774. The Morgan fingerprint density at radius 2 is 1.46 bits per heavy atom. The second-order valence-corrected chi connectivity index (χ2v) is 7.93. The Balaban J connectivity index is 2.48. The van der Waals surface area contributed by atoms with Crippen LogP contribution in [-0.2, 0) is 6.42 Å². The Morgan fingerprint density at radius 3 is 1.89 bits per heavy atom. The summed E-state index contributed by atoms with van der Waals surface area (Å²) in [6.45, 7) is 11.2. The predicted molar refractivity (Wildman–Crippen MR) is 109 cm³/mol. The smallest absolute Gasteiger partial charge is 0.267 e. The summed E-state index contributed by atoms with van der Waals surface area (Å²) >= 11 is 0. The SMILES string of the molecule is CCc1ccc(C(=O)N(C#N)N(C(=O)c2cc(C)cc(C)c2)C(C)(C)C)cc1. The van der Waals surface area contributed by atoms with Crippen molar-refractivity contribution < 1.29 is 9.59 Å². The van der Waals surface area contributed by atoms with E-state index in [-0.39, 0.29) is 5.91 Å². The van der Waals surface area contributed by atoms with Crippen LogP contribution in [0.3, 0.4) is 0 Å². The number of hydrogen-bond donors (Lipinski definition) is 0. The lowest BCUT2D eigenvalue weighted by molar-refractivity contribution is -0.0167. The number of hydrazine groups is 1. The van der Waals surface area contributed by atoms with E-state index in [1.807, 2.05) is 45.2 Å². The average Bonchev–Trinajstić information content (AvgIpc) is 2.63. The third kappa shape index (κ3) is 4.58. The molecular weight excluding hydrogens is 350 g/mol. The van der Waals surface area contributed by atoms with Crippen molar-refractivity contribution in [3.05, 3.63) is 70.3 Å². The van der Waals surface area contributed by atoms with Crippen LogP contribution in [0.2, 0.25) is 0 Å². The average molecular weight is 377 g/mol. The summed E-state index contributed by atoms with van der Waals surface area (Å²) in [7, 11) is 0. The van der Waals surface area contributed by atoms with E-state index in [1.165, 1.54) is 5.01 Å². The van der Waals surface area contributed by atoms with Crippen LogP contribution in [0.25, 0.3) is 0 Å². The Bertz CT molecular complexity index is 898. The summed E-state index contributed by atoms with van der Waals surface area (Å²) in [5, 5.41) is 11.9. The first-order chi connectivity index (χ1) is 13.1. The van der Waals surface area contributed by atoms with Gasteiger partial charge in [-0.3, -0.25) is 9.59 Å². The van der Waals surface area contributed by atoms with Gasteiger partial charge in [0, 0.05) is 11.1 Å². The number of hydrogen-bond acceptors (Lipinski definition) is 3. The molecule has 0 fully saturated rings. The van der Waals surface area contributed by atoms with Gasteiger partial charge < -0.3 is 0 Å². The van der Waals surface area contributed by atoms with Gasteiger partial charge in [-0.05, 0) is 70.9 Å². The molecule has 2 amide bonds. The van der Waals surface area contributed by atoms with Crippen molar-refractivity contribution in [2.24, 2.45) is 0 Å². The first-order valence-corrected chi connectivity index (χ1v) is 9.34. The van der Waals surface area contributed by atoms with Gasteiger partial charge in [0.25, 0.3) is 11.8 Å². The molecule has 0 spiro atoms. The molecule has 2 aromatic rings. The van der Waals surface area contributed by atoms with Crippen LogP contribution in [-0.4, -0.2) is 27.4 Å². The lowest BCUT2D eigenvalue weighted by Crippen LogP contribution is -2.56. The van der Waals surface area contributed by atoms with E-state index in [0.717, 1.165) is 28.1 Å². The van der Waals surface area contributed by atoms with Crippen LogP contribution >= 0.6 is 0 Å². The fourth-order valence-electron chi connectivity index (χ4n) is 3.10. The number of rotatable bonds is 3. The molecule has 5 nitrogen and oxygen atoms in total. The van der Waals surface area contributed by atoms with Crippen LogP contribution < -0.4 is 0 Å². The number of amides is 2. The minimum absolute atomic E-state index is 0.362. The van der Waals surface area contributed by atoms with Crippen molar-refractivity contribution in [2.45, 2.75) is 53.5 Å². The fraction of sp³-hybridized carbons (Fsp3) is 0.348. The molecule has 0 N–H and O–H groups in total. The topological polar surface area (TPSA) is 64.4 Å². The zero-order chi connectivity index (χ0) is 21.1. The molecule has 0 unspecified atom stereocenters. The molecule has 0 aliphatic rings. The number of benzene rings is 2. The minimum Gasteiger partial charge on any atom is -0.267 e. The largest absolute Gasteiger partial charge is 0.286 e. The molecule has 0 saturated heterocycles. The van der Waals surface area contributed by atoms with Gasteiger partial charge in [-0.1, -0.05) is 36.2 Å². The highest BCUT2D eigenvalue weighted by Crippen LogP contribution is 2.23. The molecule has 0 aliphatic heterocycles. The van der Waals surface area contributed by atoms with Crippen molar-refractivity contribution >= 4 is 11.8 Å². The molecule has 2 aromatic carbocycles. The van der Waals surface area contributed by atoms with E-state index in [1.54, 1.807) is 45.0 Å². The number of carbonyl (C=O) groups excluding carboxylic acids is 2. The van der Waals surface area contributed by atoms with E-state index in [4.69, 9.17) is 0 Å². The van der Waals surface area contributed by atoms with Gasteiger partial charge >= 0.3 is 0 Å². The quantitative estimate of drug-likeness (QED) is 0.444. The van der Waals surface area contributed by atoms with Gasteiger partial charge in [0.1, 0.15) is 0 Å². The van der Waals surface area contributed by atoms with Crippen LogP contribution in [0.4, 0.5) is 0 Å². The van der Waals surface area contributed by atoms with Gasteiger partial charge in [0.15, 0.2) is 0 Å². The summed E-state index contributed by atoms with van der Waals surface area (Å²) in [6.07, 6.45) is 2.76. The monoisotopic (exact) mass is 377 g/mol. The van der Waals surface area contributed by atoms with Gasteiger partial charge in [0.2, 0.25) is 6.19 Å². The Morgan fingerprint density at radius 1 is 0.929 bits per heavy atom. The summed E-state index contributed by atoms with van der Waals surface area (Å²) in [6, 6.07) is 12.6. The zero-order valence-electron chi connectivity index (χ0n) is 17.4. The summed E-state index contributed by atoms with van der Waals surface area (Å²) < 4.78 is 0. The van der Waals surface area contributed by atoms with Crippen molar-refractivity contribution in [1.29, 1.82) is 5.26 Å². The lowest BCUT2D eigenvalue weighted by atomic mass is 10.0. The normalized spacial score (nSPS) is 10.9. The highest BCUT2D eigenvalue weighted by molar-refractivity contribution is 6.00. The molecular formula is C23H27N3O2. The third-order valence-electron chi connectivity index (χ3n) is 4.39.